The fraction of sp³-hybridized carbons (Fsp3) is 0.0714. The van der Waals surface area contributed by atoms with Crippen LogP contribution < -0.4 is 4.90 Å². The van der Waals surface area contributed by atoms with Crippen LogP contribution in [-0.4, -0.2) is 12.0 Å². The smallest absolute Gasteiger partial charge is 0.135 e. The molecule has 1 heterocycles. The van der Waals surface area contributed by atoms with Gasteiger partial charge in [0.25, 0.3) is 0 Å². The average molecular weight is 269 g/mol. The molecule has 0 N–H and O–H groups in total. The number of halogens is 1. The van der Waals surface area contributed by atoms with Crippen LogP contribution in [0.4, 0.5) is 11.5 Å². The number of hydrogen-bond donors (Lipinski definition) is 0. The van der Waals surface area contributed by atoms with Crippen LogP contribution in [0.1, 0.15) is 11.1 Å². The minimum Gasteiger partial charge on any atom is -0.329 e. The molecule has 19 heavy (non-hydrogen) atoms. The van der Waals surface area contributed by atoms with Gasteiger partial charge >= 0.3 is 0 Å². The van der Waals surface area contributed by atoms with Gasteiger partial charge in [-0.1, -0.05) is 11.6 Å². The maximum atomic E-state index is 8.92. The summed E-state index contributed by atoms with van der Waals surface area (Å²) in [7, 11) is 1.82. The molecule has 0 amide bonds. The highest BCUT2D eigenvalue weighted by molar-refractivity contribution is 6.29. The van der Waals surface area contributed by atoms with Gasteiger partial charge in [0.2, 0.25) is 0 Å². The highest BCUT2D eigenvalue weighted by Gasteiger charge is 2.08. The third kappa shape index (κ3) is 2.82. The molecular formula is C14H9ClN4. The average Bonchev–Trinajstić information content (AvgIpc) is 2.46. The molecule has 92 valence electrons. The Kier molecular flexibility index (Phi) is 3.66. The monoisotopic (exact) mass is 268 g/mol. The lowest BCUT2D eigenvalue weighted by molar-refractivity contribution is 1.12. The minimum absolute atomic E-state index is 0.273. The summed E-state index contributed by atoms with van der Waals surface area (Å²) in [5, 5.41) is 17.9. The number of anilines is 2. The van der Waals surface area contributed by atoms with E-state index in [0.717, 1.165) is 5.69 Å². The molecule has 0 aliphatic carbocycles. The molecule has 0 fully saturated rings. The van der Waals surface area contributed by atoms with Gasteiger partial charge in [-0.3, -0.25) is 0 Å². The van der Waals surface area contributed by atoms with Crippen molar-refractivity contribution in [1.82, 2.24) is 4.98 Å². The predicted molar refractivity (Wildman–Crippen MR) is 73.2 cm³/mol. The zero-order valence-corrected chi connectivity index (χ0v) is 10.9. The second-order valence-corrected chi connectivity index (χ2v) is 4.25. The molecule has 0 aliphatic rings. The van der Waals surface area contributed by atoms with Gasteiger partial charge in [0.1, 0.15) is 11.0 Å². The van der Waals surface area contributed by atoms with Crippen LogP contribution in [-0.2, 0) is 0 Å². The van der Waals surface area contributed by atoms with E-state index >= 15 is 0 Å². The molecule has 4 nitrogen and oxygen atoms in total. The van der Waals surface area contributed by atoms with Crippen molar-refractivity contribution in [2.45, 2.75) is 0 Å². The van der Waals surface area contributed by atoms with Gasteiger partial charge in [0.05, 0.1) is 23.3 Å². The number of hydrogen-bond acceptors (Lipinski definition) is 4. The van der Waals surface area contributed by atoms with Gasteiger partial charge in [-0.25, -0.2) is 4.98 Å². The summed E-state index contributed by atoms with van der Waals surface area (Å²) in [6, 6.07) is 14.3. The molecular weight excluding hydrogens is 260 g/mol. The molecule has 1 aromatic carbocycles. The van der Waals surface area contributed by atoms with Crippen molar-refractivity contribution in [1.29, 1.82) is 10.5 Å². The molecule has 2 rings (SSSR count). The van der Waals surface area contributed by atoms with Gasteiger partial charge in [0.15, 0.2) is 0 Å². The Labute approximate surface area is 116 Å². The van der Waals surface area contributed by atoms with Crippen LogP contribution in [0, 0.1) is 22.7 Å². The number of nitrogens with zero attached hydrogens (tertiary/aromatic N) is 4. The molecule has 2 aromatic rings. The number of benzene rings is 1. The van der Waals surface area contributed by atoms with E-state index in [4.69, 9.17) is 22.1 Å². The molecule has 5 heteroatoms. The first kappa shape index (κ1) is 12.9. The van der Waals surface area contributed by atoms with Gasteiger partial charge < -0.3 is 4.90 Å². The van der Waals surface area contributed by atoms with Crippen LogP contribution in [0.15, 0.2) is 36.4 Å². The van der Waals surface area contributed by atoms with Crippen molar-refractivity contribution in [2.24, 2.45) is 0 Å². The van der Waals surface area contributed by atoms with Crippen molar-refractivity contribution in [2.75, 3.05) is 11.9 Å². The Hall–Kier alpha value is -2.56. The van der Waals surface area contributed by atoms with Crippen molar-refractivity contribution < 1.29 is 0 Å². The van der Waals surface area contributed by atoms with Crippen LogP contribution in [0.5, 0.6) is 0 Å². The number of pyridine rings is 1. The van der Waals surface area contributed by atoms with E-state index < -0.39 is 0 Å². The first-order valence-corrected chi connectivity index (χ1v) is 5.83. The van der Waals surface area contributed by atoms with Gasteiger partial charge in [-0.2, -0.15) is 10.5 Å². The molecule has 1 aromatic heterocycles. The lowest BCUT2D eigenvalue weighted by atomic mass is 10.2. The van der Waals surface area contributed by atoms with E-state index in [1.807, 2.05) is 25.2 Å². The lowest BCUT2D eigenvalue weighted by Gasteiger charge is -2.18. The quantitative estimate of drug-likeness (QED) is 0.784. The van der Waals surface area contributed by atoms with E-state index in [2.05, 4.69) is 11.1 Å². The topological polar surface area (TPSA) is 63.7 Å². The molecule has 0 bridgehead atoms. The summed E-state index contributed by atoms with van der Waals surface area (Å²) in [6.45, 7) is 0. The molecule has 0 unspecified atom stereocenters. The first-order valence-electron chi connectivity index (χ1n) is 5.45. The Morgan fingerprint density at radius 2 is 1.68 bits per heavy atom. The van der Waals surface area contributed by atoms with Crippen LogP contribution in [0.2, 0.25) is 5.15 Å². The molecule has 0 aliphatic heterocycles. The highest BCUT2D eigenvalue weighted by atomic mass is 35.5. The summed E-state index contributed by atoms with van der Waals surface area (Å²) in [6.07, 6.45) is 0. The zero-order valence-electron chi connectivity index (χ0n) is 10.1. The largest absolute Gasteiger partial charge is 0.329 e. The summed E-state index contributed by atoms with van der Waals surface area (Å²) in [5.74, 6) is 0.578. The van der Waals surface area contributed by atoms with Crippen LogP contribution in [0.25, 0.3) is 0 Å². The summed E-state index contributed by atoms with van der Waals surface area (Å²) >= 11 is 5.88. The van der Waals surface area contributed by atoms with Gasteiger partial charge in [0, 0.05) is 12.7 Å². The highest BCUT2D eigenvalue weighted by Crippen LogP contribution is 2.24. The molecule has 0 saturated heterocycles. The lowest BCUT2D eigenvalue weighted by Crippen LogP contribution is -2.11. The SMILES string of the molecule is CN(c1ccc(C#N)cc1)c1cc(C#N)cc(Cl)n1. The maximum Gasteiger partial charge on any atom is 0.135 e. The van der Waals surface area contributed by atoms with E-state index in [-0.39, 0.29) is 5.15 Å². The normalized spacial score (nSPS) is 9.47. The minimum atomic E-state index is 0.273. The van der Waals surface area contributed by atoms with E-state index in [1.165, 1.54) is 6.07 Å². The fourth-order valence-electron chi connectivity index (χ4n) is 1.61. The Balaban J connectivity index is 2.38. The zero-order chi connectivity index (χ0) is 13.8. The second kappa shape index (κ2) is 5.39. The Morgan fingerprint density at radius 3 is 2.26 bits per heavy atom. The van der Waals surface area contributed by atoms with E-state index in [0.29, 0.717) is 16.9 Å². The van der Waals surface area contributed by atoms with E-state index in [1.54, 1.807) is 23.1 Å². The Morgan fingerprint density at radius 1 is 1.05 bits per heavy atom. The summed E-state index contributed by atoms with van der Waals surface area (Å²) in [4.78, 5) is 5.98. The third-order valence-electron chi connectivity index (χ3n) is 2.64. The second-order valence-electron chi connectivity index (χ2n) is 3.87. The van der Waals surface area contributed by atoms with Crippen LogP contribution in [0.3, 0.4) is 0 Å². The van der Waals surface area contributed by atoms with E-state index in [9.17, 15) is 0 Å². The summed E-state index contributed by atoms with van der Waals surface area (Å²) < 4.78 is 0. The molecule has 0 radical (unpaired) electrons. The van der Waals surface area contributed by atoms with Crippen molar-refractivity contribution in [3.8, 4) is 12.1 Å². The van der Waals surface area contributed by atoms with Crippen molar-refractivity contribution in [3.05, 3.63) is 52.7 Å². The number of aromatic nitrogens is 1. The third-order valence-corrected chi connectivity index (χ3v) is 2.83. The molecule has 0 atom stereocenters. The van der Waals surface area contributed by atoms with Crippen LogP contribution >= 0.6 is 11.6 Å². The first-order chi connectivity index (χ1) is 9.13. The Bertz CT molecular complexity index is 680. The molecule has 0 saturated carbocycles. The van der Waals surface area contributed by atoms with Gasteiger partial charge in [-0.05, 0) is 36.4 Å². The summed E-state index contributed by atoms with van der Waals surface area (Å²) in [5.41, 5.74) is 1.90. The predicted octanol–water partition coefficient (Wildman–Crippen LogP) is 3.25. The van der Waals surface area contributed by atoms with Crippen molar-refractivity contribution >= 4 is 23.1 Å². The molecule has 0 spiro atoms. The van der Waals surface area contributed by atoms with Crippen molar-refractivity contribution in [3.63, 3.8) is 0 Å². The number of nitriles is 2. The standard InChI is InChI=1S/C14H9ClN4/c1-19(12-4-2-10(8-16)3-5-12)14-7-11(9-17)6-13(15)18-14/h2-7H,1H3. The maximum absolute atomic E-state index is 8.92. The fourth-order valence-corrected chi connectivity index (χ4v) is 1.82. The number of rotatable bonds is 2. The van der Waals surface area contributed by atoms with Gasteiger partial charge in [-0.15, -0.1) is 0 Å².